The number of hydrogen-bond donors (Lipinski definition) is 3. The van der Waals surface area contributed by atoms with Gasteiger partial charge in [0.05, 0.1) is 26.0 Å². The Balaban J connectivity index is 1.43. The van der Waals surface area contributed by atoms with Crippen molar-refractivity contribution in [2.45, 2.75) is 113 Å². The fourth-order valence-electron chi connectivity index (χ4n) is 8.21. The van der Waals surface area contributed by atoms with Crippen molar-refractivity contribution in [1.82, 2.24) is 24.8 Å². The number of carbonyl (C=O) groups is 4. The standard InChI is InChI=1S/C39H50F3N5O10S/c1-21-9-7-8-10-24-19-38(24,35(50)45-58(53,54)26-11-12-26)44-32(48)28-17-25(57-33-27-18-30(56-6)29(55-5)16-23(27)13-14-43-33)20-46(28)34(49)31(22(2)15-21)47(36(51)52)37(3,4)39(40,41)42/h8,10,13-14,16,18,21-22,24-26,28,31H,7,9,11-12,15,17,19-20H2,1-6H3,(H,44,48)(H,45,50)(H,51,52)/t21-,22+,24+,25+,28-,31-,38+/m0/s1. The number of ether oxygens (including phenoxy) is 3. The zero-order valence-electron chi connectivity index (χ0n) is 33.2. The Bertz CT molecular complexity index is 2090. The van der Waals surface area contributed by atoms with Crippen molar-refractivity contribution in [3.63, 3.8) is 0 Å². The molecular weight excluding hydrogens is 788 g/mol. The van der Waals surface area contributed by atoms with Gasteiger partial charge in [-0.05, 0) is 87.8 Å². The first-order valence-corrected chi connectivity index (χ1v) is 20.8. The molecule has 0 radical (unpaired) electrons. The molecule has 318 valence electrons. The minimum Gasteiger partial charge on any atom is -0.493 e. The summed E-state index contributed by atoms with van der Waals surface area (Å²) in [5.74, 6) is -3.78. The van der Waals surface area contributed by atoms with Crippen molar-refractivity contribution in [3.05, 3.63) is 36.5 Å². The SMILES string of the molecule is COc1cc2ccnc(O[C@@H]3C[C@H]4C(=O)N[C@]5(C(=O)NS(=O)(=O)C6CC6)C[C@H]5C=CCC[C@H](C)C[C@@H](C)[C@H](N(C(=O)O)C(C)(C)C(F)(F)F)C(=O)N4C3)c2cc1OC. The molecule has 58 heavy (non-hydrogen) atoms. The molecule has 0 bridgehead atoms. The Morgan fingerprint density at radius 2 is 1.74 bits per heavy atom. The molecule has 2 saturated carbocycles. The third kappa shape index (κ3) is 8.23. The minimum atomic E-state index is -5.10. The zero-order chi connectivity index (χ0) is 42.5. The van der Waals surface area contributed by atoms with E-state index in [9.17, 15) is 45.9 Å². The molecule has 7 atom stereocenters. The molecule has 1 aromatic heterocycles. The maximum Gasteiger partial charge on any atom is 0.411 e. The van der Waals surface area contributed by atoms with Crippen LogP contribution in [-0.2, 0) is 24.4 Å². The number of methoxy groups -OCH3 is 2. The zero-order valence-corrected chi connectivity index (χ0v) is 34.0. The summed E-state index contributed by atoms with van der Waals surface area (Å²) in [5, 5.41) is 13.5. The number of hydrogen-bond acceptors (Lipinski definition) is 10. The van der Waals surface area contributed by atoms with Gasteiger partial charge in [-0.3, -0.25) is 24.0 Å². The molecule has 0 spiro atoms. The molecule has 4 aliphatic rings. The van der Waals surface area contributed by atoms with Crippen LogP contribution in [0.1, 0.15) is 72.6 Å². The molecule has 6 rings (SSSR count). The van der Waals surface area contributed by atoms with E-state index in [1.54, 1.807) is 30.4 Å². The number of amides is 4. The summed E-state index contributed by atoms with van der Waals surface area (Å²) in [4.78, 5) is 61.8. The van der Waals surface area contributed by atoms with Crippen molar-refractivity contribution in [2.24, 2.45) is 17.8 Å². The van der Waals surface area contributed by atoms with E-state index in [0.29, 0.717) is 61.8 Å². The van der Waals surface area contributed by atoms with Crippen molar-refractivity contribution in [1.29, 1.82) is 0 Å². The molecule has 1 saturated heterocycles. The van der Waals surface area contributed by atoms with E-state index in [1.165, 1.54) is 27.3 Å². The van der Waals surface area contributed by atoms with Crippen LogP contribution in [-0.4, -0.2) is 114 Å². The van der Waals surface area contributed by atoms with Crippen LogP contribution in [0, 0.1) is 17.8 Å². The van der Waals surface area contributed by atoms with Crippen molar-refractivity contribution < 1.29 is 60.1 Å². The van der Waals surface area contributed by atoms with Gasteiger partial charge in [0.2, 0.25) is 27.7 Å². The van der Waals surface area contributed by atoms with Crippen molar-refractivity contribution in [2.75, 3.05) is 20.8 Å². The molecule has 4 amide bonds. The van der Waals surface area contributed by atoms with Crippen molar-refractivity contribution >= 4 is 44.6 Å². The number of nitrogens with one attached hydrogen (secondary N) is 2. The molecule has 2 aromatic rings. The van der Waals surface area contributed by atoms with Gasteiger partial charge in [-0.2, -0.15) is 13.2 Å². The normalized spacial score (nSPS) is 28.3. The van der Waals surface area contributed by atoms with E-state index in [0.717, 1.165) is 4.90 Å². The number of sulfonamides is 1. The molecular formula is C39H50F3N5O10S. The average molecular weight is 838 g/mol. The Labute approximate surface area is 334 Å². The molecule has 19 heteroatoms. The van der Waals surface area contributed by atoms with Crippen LogP contribution < -0.4 is 24.2 Å². The van der Waals surface area contributed by atoms with E-state index >= 15 is 0 Å². The van der Waals surface area contributed by atoms with Crippen LogP contribution in [0.3, 0.4) is 0 Å². The molecule has 0 unspecified atom stereocenters. The first-order chi connectivity index (χ1) is 27.1. The molecule has 2 aliphatic carbocycles. The van der Waals surface area contributed by atoms with Gasteiger partial charge in [-0.25, -0.2) is 18.2 Å². The maximum absolute atomic E-state index is 15.0. The maximum atomic E-state index is 15.0. The predicted molar refractivity (Wildman–Crippen MR) is 204 cm³/mol. The Hall–Kier alpha value is -4.81. The molecule has 15 nitrogen and oxygen atoms in total. The average Bonchev–Trinajstić information content (AvgIpc) is 4.07. The highest BCUT2D eigenvalue weighted by Gasteiger charge is 2.63. The number of benzene rings is 1. The first kappa shape index (κ1) is 42.8. The Morgan fingerprint density at radius 1 is 1.07 bits per heavy atom. The highest BCUT2D eigenvalue weighted by Crippen LogP contribution is 2.47. The van der Waals surface area contributed by atoms with Crippen LogP contribution in [0.4, 0.5) is 18.0 Å². The number of carbonyl (C=O) groups excluding carboxylic acids is 3. The Morgan fingerprint density at radius 3 is 2.36 bits per heavy atom. The summed E-state index contributed by atoms with van der Waals surface area (Å²) in [7, 11) is -1.11. The second kappa shape index (κ2) is 15.7. The number of fused-ring (bicyclic) bond motifs is 3. The number of allylic oxidation sites excluding steroid dienone is 1. The lowest BCUT2D eigenvalue weighted by Crippen LogP contribution is -2.66. The summed E-state index contributed by atoms with van der Waals surface area (Å²) in [6.07, 6.45) is -1.39. The third-order valence-electron chi connectivity index (χ3n) is 11.9. The lowest BCUT2D eigenvalue weighted by atomic mass is 9.85. The number of carboxylic acid groups (broad SMARTS) is 1. The van der Waals surface area contributed by atoms with Gasteiger partial charge in [0.15, 0.2) is 11.5 Å². The fourth-order valence-corrected chi connectivity index (χ4v) is 9.57. The molecule has 1 aromatic carbocycles. The Kier molecular flexibility index (Phi) is 11.6. The smallest absolute Gasteiger partial charge is 0.411 e. The lowest BCUT2D eigenvalue weighted by Gasteiger charge is -2.45. The van der Waals surface area contributed by atoms with Gasteiger partial charge in [-0.15, -0.1) is 0 Å². The van der Waals surface area contributed by atoms with E-state index in [4.69, 9.17) is 14.2 Å². The van der Waals surface area contributed by atoms with E-state index in [-0.39, 0.29) is 42.5 Å². The number of nitrogens with zero attached hydrogens (tertiary/aromatic N) is 3. The highest BCUT2D eigenvalue weighted by molar-refractivity contribution is 7.91. The van der Waals surface area contributed by atoms with Gasteiger partial charge >= 0.3 is 12.3 Å². The van der Waals surface area contributed by atoms with Gasteiger partial charge < -0.3 is 29.5 Å². The van der Waals surface area contributed by atoms with E-state index < -0.39 is 86.4 Å². The van der Waals surface area contributed by atoms with Crippen LogP contribution in [0.2, 0.25) is 0 Å². The quantitative estimate of drug-likeness (QED) is 0.294. The van der Waals surface area contributed by atoms with Gasteiger partial charge in [0.1, 0.15) is 29.3 Å². The monoisotopic (exact) mass is 837 g/mol. The first-order valence-electron chi connectivity index (χ1n) is 19.3. The van der Waals surface area contributed by atoms with Crippen molar-refractivity contribution in [3.8, 4) is 17.4 Å². The summed E-state index contributed by atoms with van der Waals surface area (Å²) in [5.41, 5.74) is -4.75. The fraction of sp³-hybridized carbons (Fsp3) is 0.615. The van der Waals surface area contributed by atoms with E-state index in [1.807, 2.05) is 6.92 Å². The summed E-state index contributed by atoms with van der Waals surface area (Å²) in [6.45, 7) is 4.36. The molecule has 3 heterocycles. The topological polar surface area (TPSA) is 194 Å². The summed E-state index contributed by atoms with van der Waals surface area (Å²) in [6, 6.07) is 1.63. The second-order valence-corrected chi connectivity index (χ2v) is 18.4. The van der Waals surface area contributed by atoms with Crippen LogP contribution in [0.15, 0.2) is 36.5 Å². The van der Waals surface area contributed by atoms with Crippen LogP contribution in [0.5, 0.6) is 17.4 Å². The molecule has 2 aliphatic heterocycles. The largest absolute Gasteiger partial charge is 0.493 e. The summed E-state index contributed by atoms with van der Waals surface area (Å²) < 4.78 is 89.2. The number of aromatic nitrogens is 1. The van der Waals surface area contributed by atoms with Crippen LogP contribution in [0.25, 0.3) is 10.8 Å². The summed E-state index contributed by atoms with van der Waals surface area (Å²) >= 11 is 0. The van der Waals surface area contributed by atoms with Crippen LogP contribution >= 0.6 is 0 Å². The number of rotatable bonds is 9. The van der Waals surface area contributed by atoms with Gasteiger partial charge in [-0.1, -0.05) is 26.0 Å². The molecule has 3 fully saturated rings. The minimum absolute atomic E-state index is 0.0504. The van der Waals surface area contributed by atoms with Gasteiger partial charge in [0, 0.05) is 23.9 Å². The lowest BCUT2D eigenvalue weighted by molar-refractivity contribution is -0.222. The molecule has 3 N–H and O–H groups in total. The second-order valence-electron chi connectivity index (χ2n) is 16.5. The number of alkyl halides is 3. The van der Waals surface area contributed by atoms with Gasteiger partial charge in [0.25, 0.3) is 5.91 Å². The highest BCUT2D eigenvalue weighted by atomic mass is 32.2. The third-order valence-corrected chi connectivity index (χ3v) is 13.7. The number of halogens is 3. The predicted octanol–water partition coefficient (Wildman–Crippen LogP) is 4.79. The van der Waals surface area contributed by atoms with E-state index in [2.05, 4.69) is 15.0 Å². The number of pyridine rings is 1.